The molecule has 0 bridgehead atoms. The Balaban J connectivity index is 1.35. The fourth-order valence-corrected chi connectivity index (χ4v) is 4.97. The normalized spacial score (nSPS) is 16.9. The highest BCUT2D eigenvalue weighted by Crippen LogP contribution is 2.37. The summed E-state index contributed by atoms with van der Waals surface area (Å²) in [6, 6.07) is 8.66. The Hall–Kier alpha value is -4.48. The number of pyridine rings is 1. The van der Waals surface area contributed by atoms with Crippen LogP contribution in [0.3, 0.4) is 0 Å². The lowest BCUT2D eigenvalue weighted by atomic mass is 9.76. The summed E-state index contributed by atoms with van der Waals surface area (Å²) in [7, 11) is 0. The van der Waals surface area contributed by atoms with Gasteiger partial charge in [-0.3, -0.25) is 19.5 Å². The summed E-state index contributed by atoms with van der Waals surface area (Å²) in [5.41, 5.74) is 2.11. The molecular formula is C30H31F2N5O5. The third kappa shape index (κ3) is 5.65. The number of carbonyl (C=O) groups excluding carboxylic acids is 3. The van der Waals surface area contributed by atoms with E-state index in [1.54, 1.807) is 36.9 Å². The molecule has 0 unspecified atom stereocenters. The Morgan fingerprint density at radius 3 is 2.45 bits per heavy atom. The number of benzene rings is 1. The van der Waals surface area contributed by atoms with Crippen molar-refractivity contribution >= 4 is 23.5 Å². The number of aromatic nitrogens is 3. The number of hydrogen-bond donors (Lipinski definition) is 0. The summed E-state index contributed by atoms with van der Waals surface area (Å²) in [5.74, 6) is -1.69. The smallest absolute Gasteiger partial charge is 0.410 e. The molecule has 12 heteroatoms. The highest BCUT2D eigenvalue weighted by Gasteiger charge is 2.44. The molecule has 3 aromatic rings. The Labute approximate surface area is 241 Å². The monoisotopic (exact) mass is 579 g/mol. The van der Waals surface area contributed by atoms with E-state index in [9.17, 15) is 23.2 Å². The lowest BCUT2D eigenvalue weighted by Gasteiger charge is -2.37. The quantitative estimate of drug-likeness (QED) is 0.361. The Kier molecular flexibility index (Phi) is 7.42. The van der Waals surface area contributed by atoms with Gasteiger partial charge in [0.25, 0.3) is 11.8 Å². The molecule has 1 aromatic carbocycles. The van der Waals surface area contributed by atoms with Crippen LogP contribution in [-0.2, 0) is 21.5 Å². The molecule has 2 aliphatic heterocycles. The van der Waals surface area contributed by atoms with Crippen LogP contribution in [0.5, 0.6) is 0 Å². The largest absolute Gasteiger partial charge is 0.444 e. The lowest BCUT2D eigenvalue weighted by Crippen LogP contribution is -2.51. The second-order valence-corrected chi connectivity index (χ2v) is 11.8. The molecule has 0 radical (unpaired) electrons. The highest BCUT2D eigenvalue weighted by atomic mass is 19.3. The van der Waals surface area contributed by atoms with Gasteiger partial charge >= 0.3 is 12.5 Å². The molecule has 0 saturated heterocycles. The maximum atomic E-state index is 13.7. The van der Waals surface area contributed by atoms with E-state index in [2.05, 4.69) is 15.2 Å². The highest BCUT2D eigenvalue weighted by molar-refractivity contribution is 6.13. The van der Waals surface area contributed by atoms with Crippen LogP contribution in [0.25, 0.3) is 17.0 Å². The Morgan fingerprint density at radius 2 is 1.86 bits per heavy atom. The van der Waals surface area contributed by atoms with Crippen molar-refractivity contribution in [3.8, 4) is 11.5 Å². The number of amides is 3. The van der Waals surface area contributed by atoms with E-state index in [1.165, 1.54) is 11.1 Å². The van der Waals surface area contributed by atoms with E-state index in [0.29, 0.717) is 41.9 Å². The first-order valence-corrected chi connectivity index (χ1v) is 13.5. The van der Waals surface area contributed by atoms with E-state index in [4.69, 9.17) is 9.15 Å². The van der Waals surface area contributed by atoms with Crippen LogP contribution in [0.2, 0.25) is 0 Å². The average Bonchev–Trinajstić information content (AvgIpc) is 3.45. The lowest BCUT2D eigenvalue weighted by molar-refractivity contribution is -0.134. The van der Waals surface area contributed by atoms with Crippen molar-refractivity contribution in [2.45, 2.75) is 65.0 Å². The molecule has 0 spiro atoms. The van der Waals surface area contributed by atoms with E-state index >= 15 is 0 Å². The van der Waals surface area contributed by atoms with Crippen molar-refractivity contribution in [1.82, 2.24) is 25.0 Å². The topological polar surface area (TPSA) is 119 Å². The van der Waals surface area contributed by atoms with E-state index in [-0.39, 0.29) is 24.4 Å². The second-order valence-electron chi connectivity index (χ2n) is 11.8. The van der Waals surface area contributed by atoms with Crippen LogP contribution in [0.1, 0.15) is 80.5 Å². The van der Waals surface area contributed by atoms with Gasteiger partial charge in [0.1, 0.15) is 5.60 Å². The van der Waals surface area contributed by atoms with Crippen LogP contribution in [0.4, 0.5) is 13.6 Å². The molecule has 0 aliphatic carbocycles. The van der Waals surface area contributed by atoms with Crippen LogP contribution < -0.4 is 0 Å². The number of nitrogens with zero attached hydrogens (tertiary/aromatic N) is 5. The zero-order valence-corrected chi connectivity index (χ0v) is 24.0. The van der Waals surface area contributed by atoms with Crippen LogP contribution in [0, 0.1) is 0 Å². The Bertz CT molecular complexity index is 1570. The van der Waals surface area contributed by atoms with E-state index < -0.39 is 29.2 Å². The first-order chi connectivity index (χ1) is 19.7. The van der Waals surface area contributed by atoms with Crippen molar-refractivity contribution in [2.75, 3.05) is 13.1 Å². The fraction of sp³-hybridized carbons (Fsp3) is 0.400. The maximum absolute atomic E-state index is 13.7. The minimum Gasteiger partial charge on any atom is -0.444 e. The predicted molar refractivity (Wildman–Crippen MR) is 147 cm³/mol. The van der Waals surface area contributed by atoms with E-state index in [1.807, 2.05) is 39.0 Å². The van der Waals surface area contributed by atoms with Crippen LogP contribution in [-0.4, -0.2) is 61.6 Å². The minimum absolute atomic E-state index is 0.0787. The summed E-state index contributed by atoms with van der Waals surface area (Å²) in [6.45, 7) is 9.82. The number of hydrogen-bond acceptors (Lipinski definition) is 8. The summed E-state index contributed by atoms with van der Waals surface area (Å²) in [5, 5.41) is 6.92. The van der Waals surface area contributed by atoms with Gasteiger partial charge in [-0.1, -0.05) is 18.2 Å². The Morgan fingerprint density at radius 1 is 1.12 bits per heavy atom. The molecule has 2 aromatic heterocycles. The van der Waals surface area contributed by atoms with Gasteiger partial charge in [-0.25, -0.2) is 4.79 Å². The SMILES string of the molecule is CC(C)(C)OC(=O)N1CC=C(c2ccc3c(c2)C(=O)N(Cc2ccc(-c4nnc(C(F)F)o4)cn2)C(=O)C3(C)C)CC1. The molecule has 0 atom stereocenters. The number of rotatable bonds is 5. The predicted octanol–water partition coefficient (Wildman–Crippen LogP) is 5.55. The van der Waals surface area contributed by atoms with Crippen molar-refractivity contribution in [2.24, 2.45) is 0 Å². The van der Waals surface area contributed by atoms with Gasteiger partial charge in [0.2, 0.25) is 11.8 Å². The maximum Gasteiger partial charge on any atom is 0.410 e. The first-order valence-electron chi connectivity index (χ1n) is 13.5. The minimum atomic E-state index is -2.89. The summed E-state index contributed by atoms with van der Waals surface area (Å²) in [6.07, 6.45) is 0.654. The standard InChI is InChI=1S/C30H31F2N5O5/c1-29(2,3)42-28(40)36-12-10-17(11-13-36)18-7-9-22-21(14-18)26(38)37(27(39)30(22,4)5)16-20-8-6-19(15-33-20)24-34-35-25(41-24)23(31)32/h6-10,14-15,23H,11-13,16H2,1-5H3. The third-order valence-corrected chi connectivity index (χ3v) is 7.20. The van der Waals surface area contributed by atoms with Gasteiger partial charge in [0.15, 0.2) is 0 Å². The summed E-state index contributed by atoms with van der Waals surface area (Å²) >= 11 is 0. The molecule has 42 heavy (non-hydrogen) atoms. The van der Waals surface area contributed by atoms with Gasteiger partial charge in [-0.15, -0.1) is 10.2 Å². The zero-order chi connectivity index (χ0) is 30.4. The molecular weight excluding hydrogens is 548 g/mol. The van der Waals surface area contributed by atoms with Crippen molar-refractivity contribution < 1.29 is 32.3 Å². The molecule has 2 aliphatic rings. The molecule has 3 amide bonds. The van der Waals surface area contributed by atoms with Gasteiger partial charge in [0, 0.05) is 24.8 Å². The molecule has 5 rings (SSSR count). The van der Waals surface area contributed by atoms with Gasteiger partial charge in [-0.05, 0) is 75.9 Å². The summed E-state index contributed by atoms with van der Waals surface area (Å²) < 4.78 is 36.0. The number of fused-ring (bicyclic) bond motifs is 1. The molecule has 4 heterocycles. The summed E-state index contributed by atoms with van der Waals surface area (Å²) in [4.78, 5) is 46.7. The number of halogens is 2. The van der Waals surface area contributed by atoms with Crippen molar-refractivity contribution in [3.05, 3.63) is 70.9 Å². The zero-order valence-electron chi connectivity index (χ0n) is 24.0. The number of alkyl halides is 2. The van der Waals surface area contributed by atoms with Gasteiger partial charge in [0.05, 0.1) is 23.2 Å². The van der Waals surface area contributed by atoms with Crippen molar-refractivity contribution in [1.29, 1.82) is 0 Å². The molecule has 0 fully saturated rings. The van der Waals surface area contributed by atoms with E-state index in [0.717, 1.165) is 11.1 Å². The van der Waals surface area contributed by atoms with Crippen molar-refractivity contribution in [3.63, 3.8) is 0 Å². The van der Waals surface area contributed by atoms with Crippen LogP contribution in [0.15, 0.2) is 47.0 Å². The molecule has 10 nitrogen and oxygen atoms in total. The van der Waals surface area contributed by atoms with Gasteiger partial charge < -0.3 is 14.1 Å². The van der Waals surface area contributed by atoms with Crippen LogP contribution >= 0.6 is 0 Å². The molecule has 0 N–H and O–H groups in total. The van der Waals surface area contributed by atoms with Gasteiger partial charge in [-0.2, -0.15) is 8.78 Å². The first kappa shape index (κ1) is 29.0. The third-order valence-electron chi connectivity index (χ3n) is 7.20. The average molecular weight is 580 g/mol. The number of ether oxygens (including phenoxy) is 1. The second kappa shape index (κ2) is 10.7. The molecule has 220 valence electrons. The number of carbonyl (C=O) groups is 3. The molecule has 0 saturated carbocycles. The number of imide groups is 1. The fourth-order valence-electron chi connectivity index (χ4n) is 4.97.